The highest BCUT2D eigenvalue weighted by molar-refractivity contribution is 8.56. The summed E-state index contributed by atoms with van der Waals surface area (Å²) in [5.41, 5.74) is 3.23. The molecule has 2 aromatic rings. The van der Waals surface area contributed by atoms with Crippen LogP contribution >= 0.6 is 18.1 Å². The maximum atomic E-state index is 13.3. The lowest BCUT2D eigenvalue weighted by molar-refractivity contribution is -0.144. The van der Waals surface area contributed by atoms with E-state index in [1.54, 1.807) is 13.8 Å². The van der Waals surface area contributed by atoms with Crippen LogP contribution in [-0.4, -0.2) is 78.5 Å². The lowest BCUT2D eigenvalue weighted by Crippen LogP contribution is -2.44. The van der Waals surface area contributed by atoms with Gasteiger partial charge >= 0.3 is 12.7 Å². The first kappa shape index (κ1) is 26.6. The zero-order valence-electron chi connectivity index (χ0n) is 19.1. The normalized spacial score (nSPS) is 27.5. The van der Waals surface area contributed by atoms with Crippen LogP contribution in [0.5, 0.6) is 0 Å². The maximum Gasteiger partial charge on any atom is 0.327 e. The molecule has 0 aromatic carbocycles. The number of hydrogen-bond acceptors (Lipinski definition) is 12. The first-order chi connectivity index (χ1) is 15.9. The summed E-state index contributed by atoms with van der Waals surface area (Å²) in [5, 5.41) is 24.4. The van der Waals surface area contributed by atoms with E-state index >= 15 is 0 Å². The molecule has 1 fully saturated rings. The molecule has 6 N–H and O–H groups in total. The third-order valence-electron chi connectivity index (χ3n) is 5.16. The number of fused-ring (bicyclic) bond motifs is 1. The van der Waals surface area contributed by atoms with Gasteiger partial charge in [-0.15, -0.1) is 0 Å². The van der Waals surface area contributed by atoms with Crippen molar-refractivity contribution in [2.45, 2.75) is 57.8 Å². The average molecular weight is 521 g/mol. The van der Waals surface area contributed by atoms with Crippen molar-refractivity contribution in [3.05, 3.63) is 16.7 Å². The fraction of sp³-hybridized carbons (Fsp3) is 0.667. The molecule has 3 rings (SSSR count). The quantitative estimate of drug-likeness (QED) is 0.209. The summed E-state index contributed by atoms with van der Waals surface area (Å²) in [4.78, 5) is 34.4. The number of H-pyrrole nitrogens is 1. The fourth-order valence-electron chi connectivity index (χ4n) is 3.50. The van der Waals surface area contributed by atoms with Crippen molar-refractivity contribution in [3.63, 3.8) is 0 Å². The number of nitrogens with zero attached hydrogens (tertiary/aromatic N) is 3. The summed E-state index contributed by atoms with van der Waals surface area (Å²) >= 11 is 0.968. The minimum absolute atomic E-state index is 0.0243. The third-order valence-corrected chi connectivity index (χ3v) is 9.38. The SMILES string of the molecule is CCOC(=O)[C@H](C)N[P@@](=O)(OC[C@H]1O[C@@H](n2cnc3c(=O)[nH]c(N)nc32)[C@](C)(O)[C@@H]1O)SCC. The Labute approximate surface area is 198 Å². The number of nitrogen functional groups attached to an aromatic ring is 1. The number of aromatic amines is 1. The standard InChI is InChI=1S/C18H29N6O8PS/c1-5-30-15(27)9(3)23-33(29,34-6-2)31-7-10-12(25)18(4,28)16(32-10)24-8-20-11-13(24)21-17(19)22-14(11)26/h8-10,12,16,25,28H,5-7H2,1-4H3,(H,23,29)(H3,19,21,22,26)/t9-,10+,12+,16+,18+,33+/m0/s1. The number of carbonyl (C=O) groups is 1. The van der Waals surface area contributed by atoms with Gasteiger partial charge in [-0.1, -0.05) is 18.3 Å². The number of anilines is 1. The van der Waals surface area contributed by atoms with Crippen LogP contribution in [0.4, 0.5) is 5.95 Å². The maximum absolute atomic E-state index is 13.3. The molecule has 16 heteroatoms. The predicted octanol–water partition coefficient (Wildman–Crippen LogP) is 0.130. The molecule has 0 bridgehead atoms. The molecule has 190 valence electrons. The third kappa shape index (κ3) is 5.30. The number of nitrogens with two attached hydrogens (primary N) is 1. The molecule has 0 unspecified atom stereocenters. The van der Waals surface area contributed by atoms with E-state index in [1.807, 2.05) is 0 Å². The molecule has 6 atom stereocenters. The Bertz CT molecular complexity index is 1140. The number of esters is 1. The molecule has 34 heavy (non-hydrogen) atoms. The Hall–Kier alpha value is -2.00. The number of imidazole rings is 1. The van der Waals surface area contributed by atoms with Crippen molar-refractivity contribution in [1.82, 2.24) is 24.6 Å². The van der Waals surface area contributed by atoms with Gasteiger partial charge in [0.15, 0.2) is 17.4 Å². The monoisotopic (exact) mass is 520 g/mol. The second-order valence-corrected chi connectivity index (χ2v) is 12.4. The number of rotatable bonds is 10. The molecule has 0 aliphatic carbocycles. The number of aromatic nitrogens is 4. The molecule has 1 saturated heterocycles. The molecule has 14 nitrogen and oxygen atoms in total. The van der Waals surface area contributed by atoms with Gasteiger partial charge in [-0.05, 0) is 20.8 Å². The van der Waals surface area contributed by atoms with E-state index in [9.17, 15) is 24.4 Å². The average Bonchev–Trinajstić information content (AvgIpc) is 3.26. The van der Waals surface area contributed by atoms with Gasteiger partial charge in [0.25, 0.3) is 5.56 Å². The Morgan fingerprint density at radius 3 is 2.88 bits per heavy atom. The van der Waals surface area contributed by atoms with E-state index in [0.717, 1.165) is 11.4 Å². The number of carbonyl (C=O) groups excluding carboxylic acids is 1. The zero-order chi connectivity index (χ0) is 25.3. The van der Waals surface area contributed by atoms with Crippen molar-refractivity contribution < 1.29 is 33.6 Å². The smallest absolute Gasteiger partial charge is 0.327 e. The van der Waals surface area contributed by atoms with Crippen molar-refractivity contribution >= 4 is 41.2 Å². The molecule has 0 spiro atoms. The zero-order valence-corrected chi connectivity index (χ0v) is 20.8. The molecule has 3 heterocycles. The molecule has 1 aliphatic rings. The van der Waals surface area contributed by atoms with E-state index < -0.39 is 48.3 Å². The highest BCUT2D eigenvalue weighted by atomic mass is 32.7. The Kier molecular flexibility index (Phi) is 8.07. The van der Waals surface area contributed by atoms with E-state index in [0.29, 0.717) is 5.75 Å². The van der Waals surface area contributed by atoms with Gasteiger partial charge in [-0.25, -0.2) is 10.1 Å². The van der Waals surface area contributed by atoms with Crippen LogP contribution < -0.4 is 16.4 Å². The van der Waals surface area contributed by atoms with Crippen LogP contribution in [-0.2, 0) is 23.4 Å². The summed E-state index contributed by atoms with van der Waals surface area (Å²) in [5.74, 6) is -0.328. The topological polar surface area (TPSA) is 204 Å². The number of aliphatic hydroxyl groups excluding tert-OH is 1. The Morgan fingerprint density at radius 1 is 1.53 bits per heavy atom. The Morgan fingerprint density at radius 2 is 2.24 bits per heavy atom. The van der Waals surface area contributed by atoms with Crippen molar-refractivity contribution in [2.75, 3.05) is 24.7 Å². The van der Waals surface area contributed by atoms with Gasteiger partial charge in [0.05, 0.1) is 19.5 Å². The van der Waals surface area contributed by atoms with Crippen LogP contribution in [0, 0.1) is 0 Å². The van der Waals surface area contributed by atoms with Crippen LogP contribution in [0.1, 0.15) is 33.9 Å². The lowest BCUT2D eigenvalue weighted by atomic mass is 9.96. The number of nitrogens with one attached hydrogen (secondary N) is 2. The van der Waals surface area contributed by atoms with Crippen molar-refractivity contribution in [3.8, 4) is 0 Å². The summed E-state index contributed by atoms with van der Waals surface area (Å²) in [7, 11) is 0. The van der Waals surface area contributed by atoms with Gasteiger partial charge in [0.2, 0.25) is 5.95 Å². The second kappa shape index (κ2) is 10.3. The number of aliphatic hydroxyl groups is 2. The van der Waals surface area contributed by atoms with Gasteiger partial charge in [0.1, 0.15) is 23.9 Å². The molecule has 2 aromatic heterocycles. The molecule has 0 saturated carbocycles. The van der Waals surface area contributed by atoms with E-state index in [-0.39, 0.29) is 30.3 Å². The minimum atomic E-state index is -3.61. The highest BCUT2D eigenvalue weighted by Crippen LogP contribution is 2.56. The van der Waals surface area contributed by atoms with Crippen molar-refractivity contribution in [2.24, 2.45) is 0 Å². The molecular formula is C18H29N6O8PS. The summed E-state index contributed by atoms with van der Waals surface area (Å²) in [6.07, 6.45) is -2.54. The minimum Gasteiger partial charge on any atom is -0.465 e. The van der Waals surface area contributed by atoms with E-state index in [4.69, 9.17) is 19.7 Å². The van der Waals surface area contributed by atoms with Crippen LogP contribution in [0.3, 0.4) is 0 Å². The fourth-order valence-corrected chi connectivity index (χ4v) is 7.11. The van der Waals surface area contributed by atoms with Gasteiger partial charge in [0, 0.05) is 5.75 Å². The van der Waals surface area contributed by atoms with Gasteiger partial charge in [-0.2, -0.15) is 4.98 Å². The molecule has 1 aliphatic heterocycles. The first-order valence-corrected chi connectivity index (χ1v) is 13.8. The van der Waals surface area contributed by atoms with Gasteiger partial charge < -0.3 is 29.9 Å². The first-order valence-electron chi connectivity index (χ1n) is 10.5. The molecule has 0 amide bonds. The van der Waals surface area contributed by atoms with Crippen molar-refractivity contribution in [1.29, 1.82) is 0 Å². The summed E-state index contributed by atoms with van der Waals surface area (Å²) in [6.45, 7) is 2.46. The second-order valence-electron chi connectivity index (χ2n) is 7.79. The van der Waals surface area contributed by atoms with Crippen LogP contribution in [0.25, 0.3) is 11.2 Å². The Balaban J connectivity index is 1.79. The summed E-state index contributed by atoms with van der Waals surface area (Å²) < 4.78 is 30.9. The summed E-state index contributed by atoms with van der Waals surface area (Å²) in [6, 6.07) is -0.901. The van der Waals surface area contributed by atoms with Crippen LogP contribution in [0.2, 0.25) is 0 Å². The van der Waals surface area contributed by atoms with E-state index in [1.165, 1.54) is 24.7 Å². The predicted molar refractivity (Wildman–Crippen MR) is 124 cm³/mol. The van der Waals surface area contributed by atoms with E-state index in [2.05, 4.69) is 20.0 Å². The molecular weight excluding hydrogens is 491 g/mol. The largest absolute Gasteiger partial charge is 0.465 e. The number of ether oxygens (including phenoxy) is 2. The van der Waals surface area contributed by atoms with Crippen LogP contribution in [0.15, 0.2) is 11.1 Å². The van der Waals surface area contributed by atoms with Gasteiger partial charge in [-0.3, -0.25) is 23.7 Å². The highest BCUT2D eigenvalue weighted by Gasteiger charge is 2.54. The number of hydrogen-bond donors (Lipinski definition) is 5. The lowest BCUT2D eigenvalue weighted by Gasteiger charge is -2.27. The molecule has 0 radical (unpaired) electrons.